The predicted molar refractivity (Wildman–Crippen MR) is 134 cm³/mol. The minimum atomic E-state index is 0.134. The Morgan fingerprint density at radius 2 is 1.74 bits per heavy atom. The first-order chi connectivity index (χ1) is 16.7. The number of carbonyl (C=O) groups is 1. The second kappa shape index (κ2) is 12.2. The number of benzene rings is 2. The van der Waals surface area contributed by atoms with Crippen LogP contribution in [-0.4, -0.2) is 40.3 Å². The van der Waals surface area contributed by atoms with Crippen molar-refractivity contribution in [2.24, 2.45) is 5.92 Å². The molecule has 1 aliphatic rings. The van der Waals surface area contributed by atoms with Crippen LogP contribution in [0.15, 0.2) is 61.1 Å². The topological polar surface area (TPSA) is 114 Å². The number of carbonyl (C=O) groups excluding carboxylic acids is 1. The van der Waals surface area contributed by atoms with E-state index in [0.717, 1.165) is 35.2 Å². The van der Waals surface area contributed by atoms with Gasteiger partial charge in [-0.05, 0) is 49.2 Å². The molecule has 0 unspecified atom stereocenters. The molecule has 1 aliphatic carbocycles. The van der Waals surface area contributed by atoms with Gasteiger partial charge in [-0.2, -0.15) is 5.10 Å². The van der Waals surface area contributed by atoms with Gasteiger partial charge in [0.25, 0.3) is 0 Å². The maximum Gasteiger partial charge on any atom is 0.227 e. The Labute approximate surface area is 198 Å². The molecule has 3 N–H and O–H groups in total. The Bertz CT molecular complexity index is 1190. The molecule has 0 bridgehead atoms. The van der Waals surface area contributed by atoms with Crippen molar-refractivity contribution in [3.05, 3.63) is 61.1 Å². The van der Waals surface area contributed by atoms with Crippen LogP contribution < -0.4 is 20.1 Å². The van der Waals surface area contributed by atoms with Gasteiger partial charge in [0, 0.05) is 17.0 Å². The molecule has 0 atom stereocenters. The van der Waals surface area contributed by atoms with Gasteiger partial charge in [0.05, 0.1) is 25.9 Å². The molecule has 9 nitrogen and oxygen atoms in total. The van der Waals surface area contributed by atoms with Crippen LogP contribution in [0.25, 0.3) is 10.9 Å². The Morgan fingerprint density at radius 3 is 2.41 bits per heavy atom. The molecule has 1 saturated carbocycles. The standard InChI is InChI=1S/C12H11N5O.C11H13NO2.C2H6/c1-18-10-6-13-7-14-12(10)15-11-8-4-2-3-5-9(8)16-17-11;1-14-10-6-4-9(5-7-10)12-11(13)8-2-3-8;1-2/h2-7H,1H3,(H2,13,14,15,16,17);4-8H,2-3H2,1H3,(H,12,13);1-2H3. The molecule has 4 aromatic rings. The maximum atomic E-state index is 11.4. The monoisotopic (exact) mass is 462 g/mol. The molecular formula is C25H30N6O3. The van der Waals surface area contributed by atoms with Gasteiger partial charge in [0.15, 0.2) is 17.4 Å². The number of hydrogen-bond acceptors (Lipinski definition) is 7. The van der Waals surface area contributed by atoms with Gasteiger partial charge < -0.3 is 20.1 Å². The average molecular weight is 463 g/mol. The number of H-pyrrole nitrogens is 1. The largest absolute Gasteiger partial charge is 0.497 e. The summed E-state index contributed by atoms with van der Waals surface area (Å²) in [7, 11) is 3.20. The lowest BCUT2D eigenvalue weighted by molar-refractivity contribution is -0.117. The van der Waals surface area contributed by atoms with E-state index in [-0.39, 0.29) is 11.8 Å². The smallest absolute Gasteiger partial charge is 0.227 e. The molecule has 178 valence electrons. The Hall–Kier alpha value is -4.14. The highest BCUT2D eigenvalue weighted by Gasteiger charge is 2.29. The minimum Gasteiger partial charge on any atom is -0.497 e. The van der Waals surface area contributed by atoms with Gasteiger partial charge in [-0.15, -0.1) is 0 Å². The van der Waals surface area contributed by atoms with E-state index in [0.29, 0.717) is 17.4 Å². The molecule has 2 heterocycles. The fourth-order valence-electron chi connectivity index (χ4n) is 3.00. The predicted octanol–water partition coefficient (Wildman–Crippen LogP) is 5.18. The molecule has 2 aromatic carbocycles. The SMILES string of the molecule is CC.COc1ccc(NC(=O)C2CC2)cc1.COc1cncnc1Nc1n[nH]c2ccccc12. The highest BCUT2D eigenvalue weighted by atomic mass is 16.5. The lowest BCUT2D eigenvalue weighted by Gasteiger charge is -2.06. The van der Waals surface area contributed by atoms with E-state index in [9.17, 15) is 4.79 Å². The van der Waals surface area contributed by atoms with Crippen LogP contribution in [0.4, 0.5) is 17.3 Å². The summed E-state index contributed by atoms with van der Waals surface area (Å²) in [5, 5.41) is 14.2. The molecule has 1 fully saturated rings. The number of aromatic amines is 1. The molecule has 2 aromatic heterocycles. The highest BCUT2D eigenvalue weighted by molar-refractivity contribution is 5.94. The van der Waals surface area contributed by atoms with Crippen molar-refractivity contribution in [3.8, 4) is 11.5 Å². The first kappa shape index (κ1) is 24.5. The molecule has 0 radical (unpaired) electrons. The summed E-state index contributed by atoms with van der Waals surface area (Å²) in [5.74, 6) is 3.05. The summed E-state index contributed by atoms with van der Waals surface area (Å²) in [4.78, 5) is 19.4. The van der Waals surface area contributed by atoms with Crippen molar-refractivity contribution in [1.82, 2.24) is 20.2 Å². The van der Waals surface area contributed by atoms with Gasteiger partial charge in [-0.1, -0.05) is 26.0 Å². The van der Waals surface area contributed by atoms with Gasteiger partial charge in [0.1, 0.15) is 12.1 Å². The molecule has 9 heteroatoms. The van der Waals surface area contributed by atoms with Crippen LogP contribution >= 0.6 is 0 Å². The minimum absolute atomic E-state index is 0.134. The normalized spacial score (nSPS) is 11.9. The molecule has 0 spiro atoms. The van der Waals surface area contributed by atoms with Crippen LogP contribution in [0.2, 0.25) is 0 Å². The zero-order valence-electron chi connectivity index (χ0n) is 19.8. The summed E-state index contributed by atoms with van der Waals surface area (Å²) < 4.78 is 10.2. The van der Waals surface area contributed by atoms with E-state index in [2.05, 4.69) is 30.8 Å². The van der Waals surface area contributed by atoms with Crippen molar-refractivity contribution in [3.63, 3.8) is 0 Å². The average Bonchev–Trinajstić information content (AvgIpc) is 3.68. The lowest BCUT2D eigenvalue weighted by Crippen LogP contribution is -2.12. The number of ether oxygens (including phenoxy) is 2. The number of para-hydroxylation sites is 1. The zero-order chi connectivity index (χ0) is 24.3. The molecule has 34 heavy (non-hydrogen) atoms. The fourth-order valence-corrected chi connectivity index (χ4v) is 3.00. The van der Waals surface area contributed by atoms with E-state index in [1.165, 1.54) is 6.33 Å². The van der Waals surface area contributed by atoms with Crippen molar-refractivity contribution in [1.29, 1.82) is 0 Å². The summed E-state index contributed by atoms with van der Waals surface area (Å²) in [6, 6.07) is 15.2. The maximum absolute atomic E-state index is 11.4. The van der Waals surface area contributed by atoms with Crippen LogP contribution in [0.5, 0.6) is 11.5 Å². The molecule has 0 saturated heterocycles. The van der Waals surface area contributed by atoms with Crippen molar-refractivity contribution >= 4 is 34.1 Å². The number of anilines is 3. The first-order valence-electron chi connectivity index (χ1n) is 11.2. The second-order valence-electron chi connectivity index (χ2n) is 7.17. The van der Waals surface area contributed by atoms with Gasteiger partial charge in [-0.25, -0.2) is 9.97 Å². The Morgan fingerprint density at radius 1 is 1.00 bits per heavy atom. The van der Waals surface area contributed by atoms with Gasteiger partial charge >= 0.3 is 0 Å². The molecule has 0 aliphatic heterocycles. The van der Waals surface area contributed by atoms with Gasteiger partial charge in [0.2, 0.25) is 5.91 Å². The fraction of sp³-hybridized carbons (Fsp3) is 0.280. The van der Waals surface area contributed by atoms with Crippen LogP contribution in [-0.2, 0) is 4.79 Å². The zero-order valence-corrected chi connectivity index (χ0v) is 19.8. The summed E-state index contributed by atoms with van der Waals surface area (Å²) in [6.07, 6.45) is 5.12. The summed E-state index contributed by atoms with van der Waals surface area (Å²) >= 11 is 0. The molecule has 1 amide bonds. The van der Waals surface area contributed by atoms with E-state index >= 15 is 0 Å². The number of hydrogen-bond donors (Lipinski definition) is 3. The number of fused-ring (bicyclic) bond motifs is 1. The number of nitrogens with zero attached hydrogens (tertiary/aromatic N) is 3. The second-order valence-corrected chi connectivity index (χ2v) is 7.17. The van der Waals surface area contributed by atoms with Crippen molar-refractivity contribution < 1.29 is 14.3 Å². The van der Waals surface area contributed by atoms with E-state index in [4.69, 9.17) is 9.47 Å². The van der Waals surface area contributed by atoms with Gasteiger partial charge in [-0.3, -0.25) is 9.89 Å². The van der Waals surface area contributed by atoms with Crippen LogP contribution in [0, 0.1) is 5.92 Å². The Balaban J connectivity index is 0.000000183. The molecule has 5 rings (SSSR count). The summed E-state index contributed by atoms with van der Waals surface area (Å²) in [5.41, 5.74) is 1.80. The number of methoxy groups -OCH3 is 2. The van der Waals surface area contributed by atoms with Crippen LogP contribution in [0.1, 0.15) is 26.7 Å². The van der Waals surface area contributed by atoms with E-state index < -0.39 is 0 Å². The Kier molecular flexibility index (Phi) is 8.79. The summed E-state index contributed by atoms with van der Waals surface area (Å²) in [6.45, 7) is 4.00. The van der Waals surface area contributed by atoms with Crippen molar-refractivity contribution in [2.75, 3.05) is 24.9 Å². The third-order valence-corrected chi connectivity index (χ3v) is 4.91. The highest BCUT2D eigenvalue weighted by Crippen LogP contribution is 2.30. The van der Waals surface area contributed by atoms with Crippen LogP contribution in [0.3, 0.4) is 0 Å². The number of nitrogens with one attached hydrogen (secondary N) is 3. The first-order valence-corrected chi connectivity index (χ1v) is 11.2. The lowest BCUT2D eigenvalue weighted by atomic mass is 10.2. The number of rotatable bonds is 6. The molecular weight excluding hydrogens is 432 g/mol. The van der Waals surface area contributed by atoms with E-state index in [1.54, 1.807) is 20.4 Å². The number of aromatic nitrogens is 4. The van der Waals surface area contributed by atoms with E-state index in [1.807, 2.05) is 62.4 Å². The third kappa shape index (κ3) is 6.44. The third-order valence-electron chi connectivity index (χ3n) is 4.91. The van der Waals surface area contributed by atoms with Crippen molar-refractivity contribution in [2.45, 2.75) is 26.7 Å². The number of amides is 1. The quantitative estimate of drug-likeness (QED) is 0.362.